The van der Waals surface area contributed by atoms with Crippen molar-refractivity contribution in [2.45, 2.75) is 0 Å². The van der Waals surface area contributed by atoms with E-state index in [0.29, 0.717) is 0 Å². The van der Waals surface area contributed by atoms with Gasteiger partial charge < -0.3 is 9.47 Å². The number of hydrogen-bond acceptors (Lipinski definition) is 1. The van der Waals surface area contributed by atoms with Crippen LogP contribution >= 0.6 is 0 Å². The molecule has 0 aliphatic carbocycles. The maximum absolute atomic E-state index is 2.47. The molecule has 0 aliphatic rings. The molecule has 2 heteroatoms. The van der Waals surface area contributed by atoms with Crippen molar-refractivity contribution in [2.75, 3.05) is 4.90 Å². The molecular weight excluding hydrogens is 701 g/mol. The third-order valence-corrected chi connectivity index (χ3v) is 11.6. The van der Waals surface area contributed by atoms with E-state index in [2.05, 4.69) is 240 Å². The molecule has 1 heterocycles. The zero-order valence-corrected chi connectivity index (χ0v) is 31.8. The third kappa shape index (κ3) is 5.66. The summed E-state index contributed by atoms with van der Waals surface area (Å²) >= 11 is 0. The number of rotatable bonds is 7. The Balaban J connectivity index is 1.16. The molecule has 1 aromatic heterocycles. The van der Waals surface area contributed by atoms with Crippen LogP contribution in [0.15, 0.2) is 231 Å². The summed E-state index contributed by atoms with van der Waals surface area (Å²) in [6.07, 6.45) is 0. The fourth-order valence-corrected chi connectivity index (χ4v) is 8.91. The Labute approximate surface area is 338 Å². The van der Waals surface area contributed by atoms with E-state index in [1.807, 2.05) is 0 Å². The highest BCUT2D eigenvalue weighted by atomic mass is 15.1. The molecule has 11 rings (SSSR count). The Kier molecular flexibility index (Phi) is 8.19. The number of para-hydroxylation sites is 1. The number of anilines is 3. The van der Waals surface area contributed by atoms with E-state index in [4.69, 9.17) is 0 Å². The lowest BCUT2D eigenvalue weighted by molar-refractivity contribution is 1.19. The molecule has 0 atom stereocenters. The van der Waals surface area contributed by atoms with Crippen LogP contribution < -0.4 is 4.90 Å². The van der Waals surface area contributed by atoms with Gasteiger partial charge in [0.1, 0.15) is 0 Å². The quantitative estimate of drug-likeness (QED) is 0.158. The highest BCUT2D eigenvalue weighted by Gasteiger charge is 2.21. The first-order chi connectivity index (χ1) is 28.8. The van der Waals surface area contributed by atoms with Gasteiger partial charge >= 0.3 is 0 Å². The SMILES string of the molecule is c1ccc(-c2ccc(N(c3ccc4c5ccccc5n(-c5ccc(-c6ccccc6)c6ccccc56)c4c3)c3ccc(-c4ccccc4)c4ccccc34)cc2)cc1. The molecule has 11 aromatic rings. The second-order valence-corrected chi connectivity index (χ2v) is 14.9. The van der Waals surface area contributed by atoms with Crippen LogP contribution in [0.3, 0.4) is 0 Å². The van der Waals surface area contributed by atoms with Gasteiger partial charge in [-0.15, -0.1) is 0 Å². The lowest BCUT2D eigenvalue weighted by Gasteiger charge is -2.28. The first-order valence-corrected chi connectivity index (χ1v) is 19.9. The van der Waals surface area contributed by atoms with Crippen molar-refractivity contribution in [1.82, 2.24) is 4.57 Å². The Bertz CT molecular complexity index is 3250. The first-order valence-electron chi connectivity index (χ1n) is 19.9. The number of hydrogen-bond donors (Lipinski definition) is 0. The predicted octanol–water partition coefficient (Wildman–Crippen LogP) is 15.6. The van der Waals surface area contributed by atoms with Crippen LogP contribution in [0, 0.1) is 0 Å². The summed E-state index contributed by atoms with van der Waals surface area (Å²) in [5.74, 6) is 0. The molecule has 0 fully saturated rings. The van der Waals surface area contributed by atoms with Crippen LogP contribution in [0.25, 0.3) is 82.4 Å². The average molecular weight is 739 g/mol. The lowest BCUT2D eigenvalue weighted by atomic mass is 9.96. The molecule has 0 saturated heterocycles. The van der Waals surface area contributed by atoms with E-state index in [1.54, 1.807) is 0 Å². The van der Waals surface area contributed by atoms with E-state index in [0.717, 1.165) is 28.3 Å². The van der Waals surface area contributed by atoms with Crippen molar-refractivity contribution >= 4 is 60.4 Å². The molecule has 0 bridgehead atoms. The predicted molar refractivity (Wildman–Crippen MR) is 247 cm³/mol. The molecule has 272 valence electrons. The number of fused-ring (bicyclic) bond motifs is 5. The molecule has 0 saturated carbocycles. The normalized spacial score (nSPS) is 11.4. The highest BCUT2D eigenvalue weighted by Crippen LogP contribution is 2.45. The van der Waals surface area contributed by atoms with Crippen molar-refractivity contribution in [3.05, 3.63) is 231 Å². The summed E-state index contributed by atoms with van der Waals surface area (Å²) in [4.78, 5) is 2.43. The molecule has 58 heavy (non-hydrogen) atoms. The fourth-order valence-electron chi connectivity index (χ4n) is 8.91. The van der Waals surface area contributed by atoms with Gasteiger partial charge in [-0.2, -0.15) is 0 Å². The molecule has 0 spiro atoms. The summed E-state index contributed by atoms with van der Waals surface area (Å²) in [6.45, 7) is 0. The van der Waals surface area contributed by atoms with Gasteiger partial charge in [0.25, 0.3) is 0 Å². The number of benzene rings is 10. The van der Waals surface area contributed by atoms with Gasteiger partial charge in [-0.1, -0.05) is 188 Å². The van der Waals surface area contributed by atoms with Gasteiger partial charge in [-0.25, -0.2) is 0 Å². The second-order valence-electron chi connectivity index (χ2n) is 14.9. The van der Waals surface area contributed by atoms with Crippen molar-refractivity contribution in [1.29, 1.82) is 0 Å². The second kappa shape index (κ2) is 14.1. The Hall–Kier alpha value is -7.68. The zero-order valence-electron chi connectivity index (χ0n) is 31.8. The summed E-state index contributed by atoms with van der Waals surface area (Å²) in [6, 6.07) is 83.7. The van der Waals surface area contributed by atoms with Crippen LogP contribution in [0.2, 0.25) is 0 Å². The highest BCUT2D eigenvalue weighted by molar-refractivity contribution is 6.13. The van der Waals surface area contributed by atoms with Gasteiger partial charge in [0, 0.05) is 32.9 Å². The van der Waals surface area contributed by atoms with E-state index < -0.39 is 0 Å². The molecule has 10 aromatic carbocycles. The molecule has 0 radical (unpaired) electrons. The molecule has 0 aliphatic heterocycles. The van der Waals surface area contributed by atoms with Crippen molar-refractivity contribution in [3.8, 4) is 39.1 Å². The summed E-state index contributed by atoms with van der Waals surface area (Å²) in [5, 5.41) is 7.32. The van der Waals surface area contributed by atoms with E-state index >= 15 is 0 Å². The standard InChI is InChI=1S/C56H38N2/c1-4-16-39(17-5-1)40-28-30-43(31-29-40)57(54-36-34-45(41-18-6-2-7-19-41)47-22-10-12-24-49(47)54)44-32-33-52-51-26-14-15-27-53(51)58(56(52)38-44)55-37-35-46(42-20-8-3-9-21-42)48-23-11-13-25-50(48)55/h1-38H. The lowest BCUT2D eigenvalue weighted by Crippen LogP contribution is -2.11. The number of aromatic nitrogens is 1. The minimum absolute atomic E-state index is 1.09. The number of nitrogens with zero attached hydrogens (tertiary/aromatic N) is 2. The van der Waals surface area contributed by atoms with Crippen LogP contribution in [0.5, 0.6) is 0 Å². The Morgan fingerprint density at radius 1 is 0.276 bits per heavy atom. The molecular formula is C56H38N2. The maximum atomic E-state index is 2.47. The largest absolute Gasteiger partial charge is 0.310 e. The molecule has 0 amide bonds. The van der Waals surface area contributed by atoms with Crippen LogP contribution in [0.4, 0.5) is 17.1 Å². The topological polar surface area (TPSA) is 8.17 Å². The average Bonchev–Trinajstić information content (AvgIpc) is 3.63. The van der Waals surface area contributed by atoms with Gasteiger partial charge in [0.15, 0.2) is 0 Å². The van der Waals surface area contributed by atoms with Crippen LogP contribution in [0.1, 0.15) is 0 Å². The maximum Gasteiger partial charge on any atom is 0.0562 e. The summed E-state index contributed by atoms with van der Waals surface area (Å²) in [7, 11) is 0. The fraction of sp³-hybridized carbons (Fsp3) is 0. The smallest absolute Gasteiger partial charge is 0.0562 e. The van der Waals surface area contributed by atoms with E-state index in [9.17, 15) is 0 Å². The Morgan fingerprint density at radius 2 is 0.741 bits per heavy atom. The van der Waals surface area contributed by atoms with Crippen molar-refractivity contribution < 1.29 is 0 Å². The third-order valence-electron chi connectivity index (χ3n) is 11.6. The van der Waals surface area contributed by atoms with Crippen LogP contribution in [-0.2, 0) is 0 Å². The van der Waals surface area contributed by atoms with Gasteiger partial charge in [-0.05, 0) is 86.6 Å². The summed E-state index contributed by atoms with van der Waals surface area (Å²) < 4.78 is 2.47. The van der Waals surface area contributed by atoms with Gasteiger partial charge in [0.2, 0.25) is 0 Å². The van der Waals surface area contributed by atoms with E-state index in [1.165, 1.54) is 71.2 Å². The zero-order chi connectivity index (χ0) is 38.4. The molecule has 2 nitrogen and oxygen atoms in total. The Morgan fingerprint density at radius 3 is 1.40 bits per heavy atom. The first kappa shape index (κ1) is 33.6. The molecule has 0 N–H and O–H groups in total. The van der Waals surface area contributed by atoms with Gasteiger partial charge in [-0.3, -0.25) is 0 Å². The summed E-state index contributed by atoms with van der Waals surface area (Å²) in [5.41, 5.74) is 14.1. The van der Waals surface area contributed by atoms with E-state index in [-0.39, 0.29) is 0 Å². The minimum atomic E-state index is 1.09. The van der Waals surface area contributed by atoms with Crippen LogP contribution in [-0.4, -0.2) is 4.57 Å². The van der Waals surface area contributed by atoms with Crippen molar-refractivity contribution in [2.24, 2.45) is 0 Å². The molecule has 0 unspecified atom stereocenters. The van der Waals surface area contributed by atoms with Gasteiger partial charge in [0.05, 0.1) is 22.4 Å². The van der Waals surface area contributed by atoms with Crippen molar-refractivity contribution in [3.63, 3.8) is 0 Å². The monoisotopic (exact) mass is 738 g/mol. The minimum Gasteiger partial charge on any atom is -0.310 e.